The van der Waals surface area contributed by atoms with Crippen molar-refractivity contribution >= 4 is 0 Å². The Morgan fingerprint density at radius 3 is 2.25 bits per heavy atom. The van der Waals surface area contributed by atoms with Gasteiger partial charge in [-0.2, -0.15) is 0 Å². The van der Waals surface area contributed by atoms with E-state index in [4.69, 9.17) is 4.42 Å². The second-order valence-electron chi connectivity index (χ2n) is 7.39. The lowest BCUT2D eigenvalue weighted by Gasteiger charge is -2.55. The number of rotatable bonds is 4. The lowest BCUT2D eigenvalue weighted by Crippen LogP contribution is -2.48. The van der Waals surface area contributed by atoms with Crippen molar-refractivity contribution in [1.82, 2.24) is 15.5 Å². The fraction of sp³-hybridized carbons (Fsp3) is 0.875. The van der Waals surface area contributed by atoms with Crippen molar-refractivity contribution in [1.29, 1.82) is 0 Å². The molecule has 0 spiro atoms. The molecule has 5 rings (SSSR count). The molecule has 0 aromatic carbocycles. The molecule has 0 aliphatic heterocycles. The molecule has 0 amide bonds. The fourth-order valence-corrected chi connectivity index (χ4v) is 5.46. The van der Waals surface area contributed by atoms with Gasteiger partial charge in [0, 0.05) is 5.41 Å². The molecule has 1 aromatic heterocycles. The topological polar surface area (TPSA) is 51.0 Å². The van der Waals surface area contributed by atoms with Gasteiger partial charge in [0.15, 0.2) is 0 Å². The van der Waals surface area contributed by atoms with E-state index in [9.17, 15) is 0 Å². The van der Waals surface area contributed by atoms with Gasteiger partial charge in [0.05, 0.1) is 6.04 Å². The van der Waals surface area contributed by atoms with E-state index in [0.29, 0.717) is 0 Å². The van der Waals surface area contributed by atoms with Gasteiger partial charge in [0.2, 0.25) is 11.8 Å². The lowest BCUT2D eigenvalue weighted by atomic mass is 9.49. The Morgan fingerprint density at radius 1 is 1.15 bits per heavy atom. The molecular weight excluding hydrogens is 250 g/mol. The summed E-state index contributed by atoms with van der Waals surface area (Å²) in [5, 5.41) is 12.1. The SMILES string of the molecule is CCC(NC)c1nnc(C23CC4CC(CC(C4)C2)C3)o1. The zero-order valence-corrected chi connectivity index (χ0v) is 12.6. The van der Waals surface area contributed by atoms with Crippen molar-refractivity contribution in [2.75, 3.05) is 7.05 Å². The lowest BCUT2D eigenvalue weighted by molar-refractivity contribution is -0.0184. The van der Waals surface area contributed by atoms with Crippen LogP contribution in [0.3, 0.4) is 0 Å². The summed E-state index contributed by atoms with van der Waals surface area (Å²) < 4.78 is 6.13. The van der Waals surface area contributed by atoms with Crippen LogP contribution in [-0.4, -0.2) is 17.2 Å². The normalized spacial score (nSPS) is 40.2. The molecule has 110 valence electrons. The van der Waals surface area contributed by atoms with Crippen LogP contribution in [0, 0.1) is 17.8 Å². The average Bonchev–Trinajstić information content (AvgIpc) is 2.89. The Bertz CT molecular complexity index is 456. The zero-order chi connectivity index (χ0) is 13.7. The standard InChI is InChI=1S/C16H25N3O/c1-3-13(17-2)14-18-19-15(20-14)16-7-10-4-11(8-16)6-12(5-10)9-16/h10-13,17H,3-9H2,1-2H3. The maximum atomic E-state index is 6.13. The maximum Gasteiger partial charge on any atom is 0.233 e. The second kappa shape index (κ2) is 4.55. The minimum Gasteiger partial charge on any atom is -0.423 e. The predicted octanol–water partition coefficient (Wildman–Crippen LogP) is 3.21. The molecule has 1 atom stereocenters. The monoisotopic (exact) mass is 275 g/mol. The van der Waals surface area contributed by atoms with Gasteiger partial charge in [-0.15, -0.1) is 10.2 Å². The number of hydrogen-bond donors (Lipinski definition) is 1. The summed E-state index contributed by atoms with van der Waals surface area (Å²) >= 11 is 0. The first-order valence-corrected chi connectivity index (χ1v) is 8.23. The molecule has 1 N–H and O–H groups in total. The van der Waals surface area contributed by atoms with Gasteiger partial charge >= 0.3 is 0 Å². The molecule has 4 heteroatoms. The molecule has 4 aliphatic rings. The summed E-state index contributed by atoms with van der Waals surface area (Å²) in [7, 11) is 1.96. The highest BCUT2D eigenvalue weighted by Crippen LogP contribution is 2.60. The van der Waals surface area contributed by atoms with Crippen molar-refractivity contribution in [2.24, 2.45) is 17.8 Å². The van der Waals surface area contributed by atoms with E-state index >= 15 is 0 Å². The van der Waals surface area contributed by atoms with E-state index in [1.807, 2.05) is 7.05 Å². The van der Waals surface area contributed by atoms with Crippen LogP contribution in [0.5, 0.6) is 0 Å². The zero-order valence-electron chi connectivity index (χ0n) is 12.6. The Balaban J connectivity index is 1.64. The third kappa shape index (κ3) is 1.84. The summed E-state index contributed by atoms with van der Waals surface area (Å²) in [5.74, 6) is 4.48. The van der Waals surface area contributed by atoms with Crippen LogP contribution < -0.4 is 5.32 Å². The minimum absolute atomic E-state index is 0.199. The van der Waals surface area contributed by atoms with Gasteiger partial charge in [-0.25, -0.2) is 0 Å². The number of nitrogens with zero attached hydrogens (tertiary/aromatic N) is 2. The van der Waals surface area contributed by atoms with Crippen LogP contribution in [-0.2, 0) is 5.41 Å². The Hall–Kier alpha value is -0.900. The van der Waals surface area contributed by atoms with Gasteiger partial charge in [-0.1, -0.05) is 6.92 Å². The minimum atomic E-state index is 0.199. The molecule has 4 bridgehead atoms. The summed E-state index contributed by atoms with van der Waals surface area (Å²) in [4.78, 5) is 0. The molecule has 0 radical (unpaired) electrons. The van der Waals surface area contributed by atoms with Crippen LogP contribution >= 0.6 is 0 Å². The summed E-state index contributed by atoms with van der Waals surface area (Å²) in [6, 6.07) is 0.199. The summed E-state index contributed by atoms with van der Waals surface area (Å²) in [6.45, 7) is 2.15. The Labute approximate surface area is 120 Å². The van der Waals surface area contributed by atoms with Crippen LogP contribution in [0.2, 0.25) is 0 Å². The van der Waals surface area contributed by atoms with Crippen molar-refractivity contribution in [2.45, 2.75) is 63.3 Å². The second-order valence-corrected chi connectivity index (χ2v) is 7.39. The molecular formula is C16H25N3O. The van der Waals surface area contributed by atoms with Gasteiger partial charge < -0.3 is 9.73 Å². The highest BCUT2D eigenvalue weighted by molar-refractivity contribution is 5.15. The molecule has 4 aliphatic carbocycles. The van der Waals surface area contributed by atoms with Crippen LogP contribution in [0.15, 0.2) is 4.42 Å². The van der Waals surface area contributed by atoms with Crippen molar-refractivity contribution < 1.29 is 4.42 Å². The molecule has 1 unspecified atom stereocenters. The highest BCUT2D eigenvalue weighted by Gasteiger charge is 2.54. The van der Waals surface area contributed by atoms with E-state index in [1.54, 1.807) is 0 Å². The first-order chi connectivity index (χ1) is 9.72. The molecule has 1 aromatic rings. The first kappa shape index (κ1) is 12.8. The predicted molar refractivity (Wildman–Crippen MR) is 76.2 cm³/mol. The molecule has 1 heterocycles. The van der Waals surface area contributed by atoms with Crippen molar-refractivity contribution in [3.05, 3.63) is 11.8 Å². The third-order valence-corrected chi connectivity index (χ3v) is 5.99. The summed E-state index contributed by atoms with van der Waals surface area (Å²) in [5.41, 5.74) is 0.228. The van der Waals surface area contributed by atoms with E-state index in [1.165, 1.54) is 38.5 Å². The number of hydrogen-bond acceptors (Lipinski definition) is 4. The number of nitrogens with one attached hydrogen (secondary N) is 1. The van der Waals surface area contributed by atoms with E-state index < -0.39 is 0 Å². The van der Waals surface area contributed by atoms with Crippen LogP contribution in [0.1, 0.15) is 69.7 Å². The fourth-order valence-electron chi connectivity index (χ4n) is 5.46. The van der Waals surface area contributed by atoms with E-state index in [0.717, 1.165) is 36.0 Å². The number of aromatic nitrogens is 2. The Kier molecular flexibility index (Phi) is 2.92. The van der Waals surface area contributed by atoms with Crippen LogP contribution in [0.25, 0.3) is 0 Å². The van der Waals surface area contributed by atoms with Gasteiger partial charge in [0.25, 0.3) is 0 Å². The first-order valence-electron chi connectivity index (χ1n) is 8.23. The van der Waals surface area contributed by atoms with E-state index in [-0.39, 0.29) is 11.5 Å². The average molecular weight is 275 g/mol. The smallest absolute Gasteiger partial charge is 0.233 e. The van der Waals surface area contributed by atoms with Crippen molar-refractivity contribution in [3.63, 3.8) is 0 Å². The molecule has 20 heavy (non-hydrogen) atoms. The van der Waals surface area contributed by atoms with Gasteiger partial charge in [-0.3, -0.25) is 0 Å². The molecule has 4 saturated carbocycles. The maximum absolute atomic E-state index is 6.13. The highest BCUT2D eigenvalue weighted by atomic mass is 16.4. The summed E-state index contributed by atoms with van der Waals surface area (Å²) in [6.07, 6.45) is 9.21. The van der Waals surface area contributed by atoms with Gasteiger partial charge in [0.1, 0.15) is 0 Å². The Morgan fingerprint density at radius 2 is 1.75 bits per heavy atom. The van der Waals surface area contributed by atoms with E-state index in [2.05, 4.69) is 22.4 Å². The molecule has 0 saturated heterocycles. The third-order valence-electron chi connectivity index (χ3n) is 5.99. The molecule has 4 nitrogen and oxygen atoms in total. The van der Waals surface area contributed by atoms with Crippen LogP contribution in [0.4, 0.5) is 0 Å². The quantitative estimate of drug-likeness (QED) is 0.916. The van der Waals surface area contributed by atoms with Gasteiger partial charge in [-0.05, 0) is 69.7 Å². The molecule has 4 fully saturated rings. The van der Waals surface area contributed by atoms with Crippen molar-refractivity contribution in [3.8, 4) is 0 Å². The largest absolute Gasteiger partial charge is 0.423 e.